The molecule has 29 heavy (non-hydrogen) atoms. The summed E-state index contributed by atoms with van der Waals surface area (Å²) in [7, 11) is 3.25. The number of piperidine rings is 1. The van der Waals surface area contributed by atoms with E-state index in [0.717, 1.165) is 49.5 Å². The molecule has 1 heterocycles. The van der Waals surface area contributed by atoms with Gasteiger partial charge in [0.15, 0.2) is 11.5 Å². The zero-order valence-electron chi connectivity index (χ0n) is 17.2. The van der Waals surface area contributed by atoms with Crippen LogP contribution in [0.3, 0.4) is 0 Å². The third-order valence-electron chi connectivity index (χ3n) is 5.62. The molecule has 156 valence electrons. The molecule has 0 radical (unpaired) electrons. The van der Waals surface area contributed by atoms with Crippen LogP contribution in [0.2, 0.25) is 5.02 Å². The van der Waals surface area contributed by atoms with Crippen molar-refractivity contribution in [2.24, 2.45) is 5.92 Å². The Bertz CT molecular complexity index is 820. The van der Waals surface area contributed by atoms with E-state index in [0.29, 0.717) is 18.0 Å². The second-order valence-electron chi connectivity index (χ2n) is 7.52. The molecule has 0 aromatic heterocycles. The van der Waals surface area contributed by atoms with Crippen molar-refractivity contribution in [3.05, 3.63) is 58.6 Å². The van der Waals surface area contributed by atoms with E-state index in [-0.39, 0.29) is 11.8 Å². The first-order chi connectivity index (χ1) is 14.1. The molecule has 1 aliphatic heterocycles. The Morgan fingerprint density at radius 2 is 1.83 bits per heavy atom. The number of ether oxygens (including phenoxy) is 2. The fourth-order valence-electron chi connectivity index (χ4n) is 3.89. The lowest BCUT2D eigenvalue weighted by molar-refractivity contribution is -0.919. The largest absolute Gasteiger partial charge is 0.493 e. The molecule has 1 fully saturated rings. The van der Waals surface area contributed by atoms with Crippen molar-refractivity contribution < 1.29 is 19.2 Å². The summed E-state index contributed by atoms with van der Waals surface area (Å²) in [6, 6.07) is 13.9. The van der Waals surface area contributed by atoms with Crippen LogP contribution in [-0.4, -0.2) is 39.8 Å². The quantitative estimate of drug-likeness (QED) is 0.694. The normalized spacial score (nSPS) is 18.9. The lowest BCUT2D eigenvalue weighted by Crippen LogP contribution is -3.11. The Labute approximate surface area is 177 Å². The molecular formula is C23H30ClN2O3+. The Morgan fingerprint density at radius 1 is 1.10 bits per heavy atom. The predicted octanol–water partition coefficient (Wildman–Crippen LogP) is 2.51. The summed E-state index contributed by atoms with van der Waals surface area (Å²) >= 11 is 6.27. The number of carbonyl (C=O) groups excluding carboxylic acids is 1. The minimum absolute atomic E-state index is 0.107. The molecule has 1 amide bonds. The van der Waals surface area contributed by atoms with Crippen LogP contribution in [0.1, 0.15) is 24.0 Å². The molecule has 6 heteroatoms. The van der Waals surface area contributed by atoms with Crippen molar-refractivity contribution >= 4 is 17.5 Å². The number of methoxy groups -OCH3 is 2. The maximum Gasteiger partial charge on any atom is 0.223 e. The first-order valence-electron chi connectivity index (χ1n) is 10.2. The second-order valence-corrected chi connectivity index (χ2v) is 7.93. The van der Waals surface area contributed by atoms with Gasteiger partial charge >= 0.3 is 0 Å². The van der Waals surface area contributed by atoms with E-state index < -0.39 is 0 Å². The number of nitrogens with one attached hydrogen (secondary N) is 2. The summed E-state index contributed by atoms with van der Waals surface area (Å²) in [5.74, 6) is 1.70. The third kappa shape index (κ3) is 5.87. The van der Waals surface area contributed by atoms with E-state index in [9.17, 15) is 4.79 Å². The van der Waals surface area contributed by atoms with E-state index in [4.69, 9.17) is 21.1 Å². The van der Waals surface area contributed by atoms with Crippen LogP contribution in [0.5, 0.6) is 11.5 Å². The van der Waals surface area contributed by atoms with Crippen molar-refractivity contribution in [3.8, 4) is 11.5 Å². The summed E-state index contributed by atoms with van der Waals surface area (Å²) < 4.78 is 10.6. The van der Waals surface area contributed by atoms with Gasteiger partial charge in [0.05, 0.1) is 27.3 Å². The maximum absolute atomic E-state index is 12.5. The highest BCUT2D eigenvalue weighted by molar-refractivity contribution is 6.31. The average Bonchev–Trinajstić information content (AvgIpc) is 2.75. The van der Waals surface area contributed by atoms with Gasteiger partial charge in [-0.25, -0.2) is 0 Å². The number of likely N-dealkylation sites (tertiary alicyclic amines) is 1. The topological polar surface area (TPSA) is 52.0 Å². The molecule has 0 bridgehead atoms. The molecule has 2 aromatic carbocycles. The van der Waals surface area contributed by atoms with Gasteiger partial charge in [-0.15, -0.1) is 0 Å². The molecule has 0 atom stereocenters. The van der Waals surface area contributed by atoms with Crippen molar-refractivity contribution in [2.75, 3.05) is 33.9 Å². The SMILES string of the molecule is COc1ccc(CCNC(=O)C2CC[NH+](Cc3ccccc3Cl)CC2)cc1OC. The van der Waals surface area contributed by atoms with Gasteiger partial charge in [0.25, 0.3) is 0 Å². The number of quaternary nitrogens is 1. The molecule has 1 saturated heterocycles. The second kappa shape index (κ2) is 10.5. The first kappa shape index (κ1) is 21.5. The summed E-state index contributed by atoms with van der Waals surface area (Å²) in [5, 5.41) is 3.93. The van der Waals surface area contributed by atoms with Crippen LogP contribution in [0.15, 0.2) is 42.5 Å². The molecule has 5 nitrogen and oxygen atoms in total. The highest BCUT2D eigenvalue weighted by Crippen LogP contribution is 2.27. The van der Waals surface area contributed by atoms with Crippen molar-refractivity contribution in [1.29, 1.82) is 0 Å². The van der Waals surface area contributed by atoms with Crippen LogP contribution in [0, 0.1) is 5.92 Å². The highest BCUT2D eigenvalue weighted by Gasteiger charge is 2.27. The molecule has 0 spiro atoms. The number of hydrogen-bond donors (Lipinski definition) is 2. The monoisotopic (exact) mass is 417 g/mol. The fraction of sp³-hybridized carbons (Fsp3) is 0.435. The lowest BCUT2D eigenvalue weighted by Gasteiger charge is -2.29. The van der Waals surface area contributed by atoms with Gasteiger partial charge in [-0.05, 0) is 30.2 Å². The van der Waals surface area contributed by atoms with Crippen LogP contribution in [0.4, 0.5) is 0 Å². The first-order valence-corrected chi connectivity index (χ1v) is 10.5. The van der Waals surface area contributed by atoms with Gasteiger partial charge in [-0.3, -0.25) is 4.79 Å². The van der Waals surface area contributed by atoms with E-state index in [1.807, 2.05) is 36.4 Å². The molecule has 3 rings (SSSR count). The van der Waals surface area contributed by atoms with Gasteiger partial charge in [0.2, 0.25) is 5.91 Å². The summed E-state index contributed by atoms with van der Waals surface area (Å²) in [6.07, 6.45) is 2.60. The maximum atomic E-state index is 12.5. The number of halogens is 1. The standard InChI is InChI=1S/C23H29ClN2O3/c1-28-21-8-7-17(15-22(21)29-2)9-12-25-23(27)18-10-13-26(14-11-18)16-19-5-3-4-6-20(19)24/h3-8,15,18H,9-14,16H2,1-2H3,(H,25,27)/p+1. The molecule has 2 aromatic rings. The van der Waals surface area contributed by atoms with Crippen LogP contribution >= 0.6 is 11.6 Å². The van der Waals surface area contributed by atoms with E-state index in [2.05, 4.69) is 11.4 Å². The van der Waals surface area contributed by atoms with Gasteiger partial charge < -0.3 is 19.7 Å². The van der Waals surface area contributed by atoms with E-state index in [1.54, 1.807) is 14.2 Å². The molecule has 2 N–H and O–H groups in total. The van der Waals surface area contributed by atoms with Crippen molar-refractivity contribution in [1.82, 2.24) is 5.32 Å². The van der Waals surface area contributed by atoms with Crippen LogP contribution in [0.25, 0.3) is 0 Å². The zero-order chi connectivity index (χ0) is 20.6. The smallest absolute Gasteiger partial charge is 0.223 e. The summed E-state index contributed by atoms with van der Waals surface area (Å²) in [4.78, 5) is 14.0. The number of benzene rings is 2. The molecule has 1 aliphatic rings. The molecule has 0 unspecified atom stereocenters. The Balaban J connectivity index is 1.41. The van der Waals surface area contributed by atoms with Gasteiger partial charge in [-0.2, -0.15) is 0 Å². The summed E-state index contributed by atoms with van der Waals surface area (Å²) in [6.45, 7) is 3.55. The minimum atomic E-state index is 0.107. The molecular weight excluding hydrogens is 388 g/mol. The number of rotatable bonds is 8. The Hall–Kier alpha value is -2.24. The number of hydrogen-bond acceptors (Lipinski definition) is 3. The molecule has 0 aliphatic carbocycles. The van der Waals surface area contributed by atoms with Gasteiger partial charge in [0.1, 0.15) is 6.54 Å². The van der Waals surface area contributed by atoms with Crippen molar-refractivity contribution in [3.63, 3.8) is 0 Å². The van der Waals surface area contributed by atoms with Crippen LogP contribution < -0.4 is 19.7 Å². The Morgan fingerprint density at radius 3 is 2.52 bits per heavy atom. The van der Waals surface area contributed by atoms with Crippen LogP contribution in [-0.2, 0) is 17.8 Å². The van der Waals surface area contributed by atoms with Gasteiger partial charge in [0, 0.05) is 35.9 Å². The number of amides is 1. The zero-order valence-corrected chi connectivity index (χ0v) is 17.9. The average molecular weight is 418 g/mol. The predicted molar refractivity (Wildman–Crippen MR) is 115 cm³/mol. The minimum Gasteiger partial charge on any atom is -0.493 e. The Kier molecular flexibility index (Phi) is 7.78. The van der Waals surface area contributed by atoms with Gasteiger partial charge in [-0.1, -0.05) is 35.9 Å². The van der Waals surface area contributed by atoms with Crippen molar-refractivity contribution in [2.45, 2.75) is 25.8 Å². The number of carbonyl (C=O) groups is 1. The van der Waals surface area contributed by atoms with E-state index in [1.165, 1.54) is 10.5 Å². The third-order valence-corrected chi connectivity index (χ3v) is 5.99. The fourth-order valence-corrected chi connectivity index (χ4v) is 4.09. The lowest BCUT2D eigenvalue weighted by atomic mass is 9.95. The molecule has 0 saturated carbocycles. The summed E-state index contributed by atoms with van der Waals surface area (Å²) in [5.41, 5.74) is 2.30. The van der Waals surface area contributed by atoms with E-state index >= 15 is 0 Å². The highest BCUT2D eigenvalue weighted by atomic mass is 35.5.